The second-order valence-corrected chi connectivity index (χ2v) is 8.81. The fraction of sp³-hybridized carbons (Fsp3) is 0.818. The van der Waals surface area contributed by atoms with E-state index in [0.29, 0.717) is 19.6 Å². The van der Waals surface area contributed by atoms with E-state index in [0.717, 1.165) is 12.8 Å². The van der Waals surface area contributed by atoms with Gasteiger partial charge in [0.15, 0.2) is 0 Å². The van der Waals surface area contributed by atoms with Crippen molar-refractivity contribution in [2.24, 2.45) is 5.92 Å². The quantitative estimate of drug-likeness (QED) is 0.321. The first-order chi connectivity index (χ1) is 14.3. The molecule has 1 saturated carbocycles. The molecule has 3 fully saturated rings. The maximum atomic E-state index is 12.3. The van der Waals surface area contributed by atoms with Crippen molar-refractivity contribution in [1.82, 2.24) is 5.32 Å². The van der Waals surface area contributed by atoms with Crippen LogP contribution in [-0.2, 0) is 33.3 Å². The third-order valence-corrected chi connectivity index (χ3v) is 6.36. The molecule has 0 unspecified atom stereocenters. The molecule has 1 spiro atoms. The van der Waals surface area contributed by atoms with Crippen molar-refractivity contribution >= 4 is 11.9 Å². The summed E-state index contributed by atoms with van der Waals surface area (Å²) in [4.78, 5) is 23.7. The Morgan fingerprint density at radius 3 is 2.53 bits per heavy atom. The SMILES string of the molecule is CCOC(=O)CNCC(=O)O[C@@H]1CC[C@]2(CO2)[C@@H]([C@]2(C)O[C@@H]2CC=C(C)C)[C@@H]1OC. The highest BCUT2D eigenvalue weighted by Crippen LogP contribution is 2.59. The average molecular weight is 426 g/mol. The molecule has 0 aromatic carbocycles. The van der Waals surface area contributed by atoms with Crippen molar-refractivity contribution in [1.29, 1.82) is 0 Å². The maximum absolute atomic E-state index is 12.3. The molecule has 8 nitrogen and oxygen atoms in total. The van der Waals surface area contributed by atoms with Crippen LogP contribution in [0.5, 0.6) is 0 Å². The molecule has 3 rings (SSSR count). The van der Waals surface area contributed by atoms with Gasteiger partial charge in [0.2, 0.25) is 0 Å². The smallest absolute Gasteiger partial charge is 0.320 e. The number of carbonyl (C=O) groups is 2. The standard InChI is InChI=1S/C22H35NO7/c1-6-27-17(24)11-23-12-18(25)29-15-9-10-22(13-28-22)20(19(15)26-5)21(4)16(30-21)8-7-14(2)3/h7,15-16,19-20,23H,6,8-13H2,1-5H3/t15-,16-,19-,20-,21-,22+/m1/s1. The summed E-state index contributed by atoms with van der Waals surface area (Å²) >= 11 is 0. The van der Waals surface area contributed by atoms with Crippen molar-refractivity contribution in [3.05, 3.63) is 11.6 Å². The van der Waals surface area contributed by atoms with Crippen LogP contribution in [0.4, 0.5) is 0 Å². The van der Waals surface area contributed by atoms with Gasteiger partial charge in [-0.1, -0.05) is 11.6 Å². The molecule has 0 amide bonds. The summed E-state index contributed by atoms with van der Waals surface area (Å²) in [5.41, 5.74) is 0.649. The number of nitrogens with one attached hydrogen (secondary N) is 1. The Hall–Kier alpha value is -1.48. The van der Waals surface area contributed by atoms with Crippen LogP contribution in [0.15, 0.2) is 11.6 Å². The fourth-order valence-corrected chi connectivity index (χ4v) is 4.76. The van der Waals surface area contributed by atoms with Crippen LogP contribution >= 0.6 is 0 Å². The van der Waals surface area contributed by atoms with Crippen LogP contribution in [0, 0.1) is 5.92 Å². The lowest BCUT2D eigenvalue weighted by molar-refractivity contribution is -0.170. The van der Waals surface area contributed by atoms with Gasteiger partial charge in [0.25, 0.3) is 0 Å². The minimum absolute atomic E-state index is 0.00963. The van der Waals surface area contributed by atoms with Crippen LogP contribution in [0.2, 0.25) is 0 Å². The highest BCUT2D eigenvalue weighted by atomic mass is 16.6. The first-order valence-electron chi connectivity index (χ1n) is 10.8. The van der Waals surface area contributed by atoms with Crippen molar-refractivity contribution in [3.8, 4) is 0 Å². The summed E-state index contributed by atoms with van der Waals surface area (Å²) in [6.07, 6.45) is 3.94. The van der Waals surface area contributed by atoms with Crippen molar-refractivity contribution in [2.45, 2.75) is 76.5 Å². The molecule has 0 radical (unpaired) electrons. The van der Waals surface area contributed by atoms with Crippen LogP contribution < -0.4 is 5.32 Å². The zero-order valence-electron chi connectivity index (χ0n) is 18.7. The van der Waals surface area contributed by atoms with Crippen LogP contribution in [0.1, 0.15) is 47.0 Å². The van der Waals surface area contributed by atoms with Gasteiger partial charge in [-0.3, -0.25) is 14.9 Å². The second kappa shape index (κ2) is 9.34. The van der Waals surface area contributed by atoms with Gasteiger partial charge in [-0.05, 0) is 47.0 Å². The molecule has 30 heavy (non-hydrogen) atoms. The minimum Gasteiger partial charge on any atom is -0.465 e. The molecule has 1 N–H and O–H groups in total. The van der Waals surface area contributed by atoms with E-state index in [2.05, 4.69) is 32.2 Å². The molecular weight excluding hydrogens is 390 g/mol. The molecule has 0 aromatic heterocycles. The van der Waals surface area contributed by atoms with Gasteiger partial charge >= 0.3 is 11.9 Å². The third kappa shape index (κ3) is 5.04. The third-order valence-electron chi connectivity index (χ3n) is 6.36. The van der Waals surface area contributed by atoms with Gasteiger partial charge in [-0.25, -0.2) is 0 Å². The highest BCUT2D eigenvalue weighted by Gasteiger charge is 2.72. The Morgan fingerprint density at radius 1 is 1.23 bits per heavy atom. The predicted octanol–water partition coefficient (Wildman–Crippen LogP) is 1.76. The predicted molar refractivity (Wildman–Crippen MR) is 109 cm³/mol. The van der Waals surface area contributed by atoms with Crippen molar-refractivity contribution in [2.75, 3.05) is 33.4 Å². The number of carbonyl (C=O) groups excluding carboxylic acids is 2. The molecule has 2 saturated heterocycles. The van der Waals surface area contributed by atoms with E-state index >= 15 is 0 Å². The zero-order chi connectivity index (χ0) is 21.9. The highest BCUT2D eigenvalue weighted by molar-refractivity contribution is 5.75. The normalized spacial score (nSPS) is 36.8. The summed E-state index contributed by atoms with van der Waals surface area (Å²) < 4.78 is 28.5. The summed E-state index contributed by atoms with van der Waals surface area (Å²) in [6, 6.07) is 0. The number of epoxide rings is 2. The number of methoxy groups -OCH3 is 1. The zero-order valence-corrected chi connectivity index (χ0v) is 18.7. The number of rotatable bonds is 10. The molecule has 6 atom stereocenters. The monoisotopic (exact) mass is 425 g/mol. The van der Waals surface area contributed by atoms with Gasteiger partial charge in [0.1, 0.15) is 23.4 Å². The van der Waals surface area contributed by atoms with E-state index < -0.39 is 11.9 Å². The van der Waals surface area contributed by atoms with Crippen LogP contribution in [0.3, 0.4) is 0 Å². The Kier molecular flexibility index (Phi) is 7.22. The lowest BCUT2D eigenvalue weighted by atomic mass is 9.68. The minimum atomic E-state index is -0.416. The summed E-state index contributed by atoms with van der Waals surface area (Å²) in [7, 11) is 1.65. The van der Waals surface area contributed by atoms with E-state index in [1.54, 1.807) is 14.0 Å². The Balaban J connectivity index is 1.60. The van der Waals surface area contributed by atoms with E-state index in [1.165, 1.54) is 5.57 Å². The molecule has 0 aromatic rings. The topological polar surface area (TPSA) is 98.9 Å². The van der Waals surface area contributed by atoms with Crippen LogP contribution in [-0.4, -0.2) is 74.9 Å². The molecule has 2 aliphatic heterocycles. The lowest BCUT2D eigenvalue weighted by Crippen LogP contribution is -2.56. The van der Waals surface area contributed by atoms with Crippen molar-refractivity contribution in [3.63, 3.8) is 0 Å². The van der Waals surface area contributed by atoms with Gasteiger partial charge < -0.3 is 23.7 Å². The number of esters is 2. The summed E-state index contributed by atoms with van der Waals surface area (Å²) in [6.45, 7) is 8.91. The number of ether oxygens (including phenoxy) is 5. The van der Waals surface area contributed by atoms with E-state index in [9.17, 15) is 9.59 Å². The number of hydrogen-bond acceptors (Lipinski definition) is 8. The molecule has 1 aliphatic carbocycles. The molecule has 0 bridgehead atoms. The van der Waals surface area contributed by atoms with Gasteiger partial charge in [-0.2, -0.15) is 0 Å². The summed E-state index contributed by atoms with van der Waals surface area (Å²) in [5, 5.41) is 2.76. The fourth-order valence-electron chi connectivity index (χ4n) is 4.76. The number of hydrogen-bond donors (Lipinski definition) is 1. The molecular formula is C22H35NO7. The second-order valence-electron chi connectivity index (χ2n) is 8.81. The van der Waals surface area contributed by atoms with E-state index in [1.807, 2.05) is 0 Å². The molecule has 2 heterocycles. The van der Waals surface area contributed by atoms with Gasteiger partial charge in [0, 0.05) is 7.11 Å². The summed E-state index contributed by atoms with van der Waals surface area (Å²) in [5.74, 6) is -0.822. The Labute approximate surface area is 178 Å². The Bertz CT molecular complexity index is 670. The van der Waals surface area contributed by atoms with E-state index in [-0.39, 0.29) is 48.5 Å². The van der Waals surface area contributed by atoms with E-state index in [4.69, 9.17) is 23.7 Å². The van der Waals surface area contributed by atoms with Gasteiger partial charge in [0.05, 0.1) is 38.3 Å². The molecule has 170 valence electrons. The number of allylic oxidation sites excluding steroid dienone is 1. The van der Waals surface area contributed by atoms with Crippen molar-refractivity contribution < 1.29 is 33.3 Å². The molecule has 8 heteroatoms. The molecule has 3 aliphatic rings. The average Bonchev–Trinajstić information content (AvgIpc) is 3.59. The first-order valence-corrected chi connectivity index (χ1v) is 10.8. The Morgan fingerprint density at radius 2 is 1.93 bits per heavy atom. The van der Waals surface area contributed by atoms with Crippen LogP contribution in [0.25, 0.3) is 0 Å². The maximum Gasteiger partial charge on any atom is 0.320 e. The lowest BCUT2D eigenvalue weighted by Gasteiger charge is -2.42. The van der Waals surface area contributed by atoms with Gasteiger partial charge in [-0.15, -0.1) is 0 Å². The first kappa shape index (κ1) is 23.2. The largest absolute Gasteiger partial charge is 0.465 e.